The zero-order chi connectivity index (χ0) is 21.2. The molecule has 11 heteroatoms. The van der Waals surface area contributed by atoms with Gasteiger partial charge in [0.15, 0.2) is 0 Å². The summed E-state index contributed by atoms with van der Waals surface area (Å²) in [5, 5.41) is 2.53. The molecule has 1 aliphatic heterocycles. The van der Waals surface area contributed by atoms with Gasteiger partial charge in [-0.2, -0.15) is 13.2 Å². The summed E-state index contributed by atoms with van der Waals surface area (Å²) in [6, 6.07) is 7.67. The number of carbonyl (C=O) groups is 3. The van der Waals surface area contributed by atoms with E-state index in [1.165, 1.54) is 42.3 Å². The third-order valence-electron chi connectivity index (χ3n) is 3.87. The molecule has 0 saturated carbocycles. The lowest BCUT2D eigenvalue weighted by Crippen LogP contribution is -2.32. The molecule has 1 fully saturated rings. The van der Waals surface area contributed by atoms with E-state index in [0.717, 1.165) is 4.90 Å². The minimum absolute atomic E-state index is 0.0421. The minimum atomic E-state index is -4.42. The van der Waals surface area contributed by atoms with E-state index in [4.69, 9.17) is 0 Å². The van der Waals surface area contributed by atoms with Gasteiger partial charge in [-0.3, -0.25) is 9.59 Å². The van der Waals surface area contributed by atoms with Crippen molar-refractivity contribution < 1.29 is 27.6 Å². The molecule has 2 aromatic rings. The van der Waals surface area contributed by atoms with Crippen LogP contribution < -0.4 is 10.2 Å². The number of halogens is 3. The van der Waals surface area contributed by atoms with Crippen LogP contribution in [-0.2, 0) is 16.1 Å². The van der Waals surface area contributed by atoms with Gasteiger partial charge in [0.1, 0.15) is 12.4 Å². The van der Waals surface area contributed by atoms with Gasteiger partial charge in [-0.1, -0.05) is 0 Å². The molecule has 7 nitrogen and oxygen atoms in total. The van der Waals surface area contributed by atoms with E-state index in [1.807, 2.05) is 0 Å². The van der Waals surface area contributed by atoms with Crippen molar-refractivity contribution in [3.63, 3.8) is 0 Å². The van der Waals surface area contributed by atoms with Crippen LogP contribution in [0.15, 0.2) is 47.5 Å². The van der Waals surface area contributed by atoms with Crippen LogP contribution in [-0.4, -0.2) is 39.8 Å². The number of imide groups is 1. The van der Waals surface area contributed by atoms with E-state index in [1.54, 1.807) is 12.1 Å². The summed E-state index contributed by atoms with van der Waals surface area (Å²) in [6.07, 6.45) is 1.47. The maximum Gasteiger partial charge on any atom is 0.446 e. The van der Waals surface area contributed by atoms with Crippen LogP contribution >= 0.6 is 11.8 Å². The molecule has 1 aliphatic rings. The topological polar surface area (TPSA) is 82.6 Å². The number of nitrogens with one attached hydrogen (secondary N) is 1. The Balaban J connectivity index is 1.72. The van der Waals surface area contributed by atoms with Crippen molar-refractivity contribution in [2.24, 2.45) is 0 Å². The first-order valence-electron chi connectivity index (χ1n) is 8.32. The monoisotopic (exact) mass is 424 g/mol. The second kappa shape index (κ2) is 8.11. The quantitative estimate of drug-likeness (QED) is 0.586. The third kappa shape index (κ3) is 5.25. The van der Waals surface area contributed by atoms with Crippen molar-refractivity contribution in [2.75, 3.05) is 16.8 Å². The summed E-state index contributed by atoms with van der Waals surface area (Å²) in [5.41, 5.74) is -3.57. The van der Waals surface area contributed by atoms with Crippen molar-refractivity contribution >= 4 is 41.1 Å². The number of hydrogen-bond acceptors (Lipinski definition) is 5. The van der Waals surface area contributed by atoms with Gasteiger partial charge < -0.3 is 10.2 Å². The van der Waals surface area contributed by atoms with Crippen molar-refractivity contribution in [3.8, 4) is 0 Å². The van der Waals surface area contributed by atoms with Gasteiger partial charge in [0.05, 0.1) is 5.69 Å². The van der Waals surface area contributed by atoms with Crippen LogP contribution in [0.4, 0.5) is 29.5 Å². The lowest BCUT2D eigenvalue weighted by Gasteiger charge is -2.18. The number of nitrogens with zero attached hydrogens (tertiary/aromatic N) is 3. The fourth-order valence-electron chi connectivity index (χ4n) is 2.77. The molecule has 4 amide bonds. The number of hydrogen-bond donors (Lipinski definition) is 1. The number of amides is 4. The van der Waals surface area contributed by atoms with E-state index in [9.17, 15) is 27.6 Å². The molecule has 1 aromatic carbocycles. The zero-order valence-electron chi connectivity index (χ0n) is 15.1. The lowest BCUT2D eigenvalue weighted by molar-refractivity contribution is -0.116. The Hall–Kier alpha value is -3.08. The number of rotatable bonds is 5. The first-order chi connectivity index (χ1) is 13.6. The molecule has 0 unspecified atom stereocenters. The van der Waals surface area contributed by atoms with Crippen LogP contribution in [0, 0.1) is 0 Å². The average molecular weight is 424 g/mol. The number of anilines is 2. The highest BCUT2D eigenvalue weighted by Crippen LogP contribution is 2.37. The van der Waals surface area contributed by atoms with Crippen LogP contribution in [0.5, 0.6) is 0 Å². The minimum Gasteiger partial charge on any atom is -0.311 e. The molecule has 3 rings (SSSR count). The Morgan fingerprint density at radius 2 is 1.90 bits per heavy atom. The summed E-state index contributed by atoms with van der Waals surface area (Å²) < 4.78 is 37.3. The van der Waals surface area contributed by atoms with Gasteiger partial charge in [-0.05, 0) is 53.7 Å². The van der Waals surface area contributed by atoms with E-state index >= 15 is 0 Å². The van der Waals surface area contributed by atoms with Crippen molar-refractivity contribution in [2.45, 2.75) is 23.9 Å². The summed E-state index contributed by atoms with van der Waals surface area (Å²) in [7, 11) is 0. The first-order valence-corrected chi connectivity index (χ1v) is 9.14. The van der Waals surface area contributed by atoms with Gasteiger partial charge in [0.2, 0.25) is 5.91 Å². The normalized spacial score (nSPS) is 14.5. The van der Waals surface area contributed by atoms with E-state index in [-0.39, 0.29) is 41.3 Å². The fraction of sp³-hybridized carbons (Fsp3) is 0.222. The zero-order valence-corrected chi connectivity index (χ0v) is 15.9. The van der Waals surface area contributed by atoms with Gasteiger partial charge in [0.25, 0.3) is 5.91 Å². The highest BCUT2D eigenvalue weighted by molar-refractivity contribution is 8.00. The molecule has 0 bridgehead atoms. The molecule has 1 saturated heterocycles. The largest absolute Gasteiger partial charge is 0.446 e. The standard InChI is InChI=1S/C18H15F3N4O3S/c1-11(26)23-15-8-12(6-7-22-15)9-24-10-16(27)25(17(24)28)13-2-4-14(5-3-13)29-18(19,20)21/h2-8H,9-10H2,1H3,(H,22,23,26). The Bertz CT molecular complexity index is 950. The molecule has 29 heavy (non-hydrogen) atoms. The van der Waals surface area contributed by atoms with E-state index < -0.39 is 17.4 Å². The predicted molar refractivity (Wildman–Crippen MR) is 100 cm³/mol. The molecule has 0 spiro atoms. The number of thioether (sulfide) groups is 1. The van der Waals surface area contributed by atoms with Gasteiger partial charge in [-0.15, -0.1) is 0 Å². The van der Waals surface area contributed by atoms with Crippen LogP contribution in [0.2, 0.25) is 0 Å². The summed E-state index contributed by atoms with van der Waals surface area (Å²) in [6.45, 7) is 1.28. The average Bonchev–Trinajstić information content (AvgIpc) is 2.88. The summed E-state index contributed by atoms with van der Waals surface area (Å²) in [4.78, 5) is 42.3. The van der Waals surface area contributed by atoms with Crippen molar-refractivity contribution in [1.82, 2.24) is 9.88 Å². The Morgan fingerprint density at radius 3 is 2.52 bits per heavy atom. The second-order valence-corrected chi connectivity index (χ2v) is 7.28. The second-order valence-electron chi connectivity index (χ2n) is 6.14. The Labute approximate surface area is 167 Å². The number of benzene rings is 1. The summed E-state index contributed by atoms with van der Waals surface area (Å²) in [5.74, 6) is -0.453. The van der Waals surface area contributed by atoms with Gasteiger partial charge in [-0.25, -0.2) is 14.7 Å². The van der Waals surface area contributed by atoms with Crippen molar-refractivity contribution in [1.29, 1.82) is 0 Å². The van der Waals surface area contributed by atoms with Crippen LogP contribution in [0.3, 0.4) is 0 Å². The van der Waals surface area contributed by atoms with Crippen molar-refractivity contribution in [3.05, 3.63) is 48.2 Å². The van der Waals surface area contributed by atoms with Crippen LogP contribution in [0.25, 0.3) is 0 Å². The molecular formula is C18H15F3N4O3S. The summed E-state index contributed by atoms with van der Waals surface area (Å²) >= 11 is -0.273. The number of aromatic nitrogens is 1. The highest BCUT2D eigenvalue weighted by atomic mass is 32.2. The van der Waals surface area contributed by atoms with E-state index in [0.29, 0.717) is 11.4 Å². The molecule has 1 aromatic heterocycles. The maximum absolute atomic E-state index is 12.7. The van der Waals surface area contributed by atoms with Gasteiger partial charge in [0, 0.05) is 24.6 Å². The van der Waals surface area contributed by atoms with Gasteiger partial charge >= 0.3 is 11.5 Å². The number of pyridine rings is 1. The first kappa shape index (κ1) is 20.6. The van der Waals surface area contributed by atoms with E-state index in [2.05, 4.69) is 10.3 Å². The Morgan fingerprint density at radius 1 is 1.21 bits per heavy atom. The smallest absolute Gasteiger partial charge is 0.311 e. The maximum atomic E-state index is 12.7. The molecule has 0 atom stereocenters. The fourth-order valence-corrected chi connectivity index (χ4v) is 3.31. The lowest BCUT2D eigenvalue weighted by atomic mass is 10.2. The molecule has 0 aliphatic carbocycles. The number of urea groups is 1. The number of alkyl halides is 3. The highest BCUT2D eigenvalue weighted by Gasteiger charge is 2.37. The molecule has 0 radical (unpaired) electrons. The predicted octanol–water partition coefficient (Wildman–Crippen LogP) is 3.62. The third-order valence-corrected chi connectivity index (χ3v) is 4.61. The number of carbonyl (C=O) groups excluding carboxylic acids is 3. The molecule has 1 N–H and O–H groups in total. The molecule has 2 heterocycles. The Kier molecular flexibility index (Phi) is 5.78. The molecular weight excluding hydrogens is 409 g/mol. The van der Waals surface area contributed by atoms with Crippen LogP contribution in [0.1, 0.15) is 12.5 Å². The molecule has 152 valence electrons. The SMILES string of the molecule is CC(=O)Nc1cc(CN2CC(=O)N(c3ccc(SC(F)(F)F)cc3)C2=O)ccn1.